The van der Waals surface area contributed by atoms with Gasteiger partial charge in [-0.05, 0) is 56.8 Å². The van der Waals surface area contributed by atoms with E-state index in [1.54, 1.807) is 13.8 Å². The van der Waals surface area contributed by atoms with Gasteiger partial charge >= 0.3 is 23.9 Å². The lowest BCUT2D eigenvalue weighted by Gasteiger charge is -2.35. The van der Waals surface area contributed by atoms with E-state index in [9.17, 15) is 45.1 Å². The van der Waals surface area contributed by atoms with Crippen LogP contribution in [0, 0.1) is 17.3 Å². The average molecular weight is 617 g/mol. The predicted octanol–water partition coefficient (Wildman–Crippen LogP) is 1.71. The Morgan fingerprint density at radius 3 is 1.88 bits per heavy atom. The first-order valence-electron chi connectivity index (χ1n) is 12.7. The van der Waals surface area contributed by atoms with Crippen LogP contribution >= 0.6 is 0 Å². The van der Waals surface area contributed by atoms with Gasteiger partial charge < -0.3 is 18.9 Å². The number of rotatable bonds is 14. The fourth-order valence-electron chi connectivity index (χ4n) is 5.03. The molecule has 0 heterocycles. The van der Waals surface area contributed by atoms with E-state index in [1.165, 1.54) is 13.8 Å². The zero-order chi connectivity index (χ0) is 31.1. The Kier molecular flexibility index (Phi) is 12.5. The van der Waals surface area contributed by atoms with Crippen molar-refractivity contribution in [2.45, 2.75) is 88.7 Å². The lowest BCUT2D eigenvalue weighted by molar-refractivity contribution is -0.159. The fraction of sp³-hybridized carbons (Fsp3) is 0.833. The minimum atomic E-state index is -5.23. The van der Waals surface area contributed by atoms with Crippen LogP contribution in [0.4, 0.5) is 0 Å². The average Bonchev–Trinajstić information content (AvgIpc) is 2.80. The molecule has 0 radical (unpaired) electrons. The predicted molar refractivity (Wildman–Crippen MR) is 139 cm³/mol. The van der Waals surface area contributed by atoms with Crippen LogP contribution in [0.3, 0.4) is 0 Å². The van der Waals surface area contributed by atoms with Gasteiger partial charge in [0.15, 0.2) is 0 Å². The Balaban J connectivity index is 2.91. The van der Waals surface area contributed by atoms with Gasteiger partial charge in [0.1, 0.15) is 0 Å². The number of hydrogen-bond donors (Lipinski definition) is 2. The summed E-state index contributed by atoms with van der Waals surface area (Å²) < 4.78 is 82.6. The SMILES string of the molecule is COC(=O)C(CCC1CCCC(CC(C)(C)COC(=O)C(C(=O)OC(C)C)S(=O)(=O)O)C1)(C(=O)OC)S(=O)(=O)O. The van der Waals surface area contributed by atoms with Crippen molar-refractivity contribution in [3.63, 3.8) is 0 Å². The number of ether oxygens (including phenoxy) is 4. The normalized spacial score (nSPS) is 19.4. The topological polar surface area (TPSA) is 214 Å². The van der Waals surface area contributed by atoms with E-state index in [-0.39, 0.29) is 24.9 Å². The molecule has 1 aliphatic carbocycles. The summed E-state index contributed by atoms with van der Waals surface area (Å²) in [6.07, 6.45) is 2.05. The number of carbonyl (C=O) groups is 4. The molecule has 1 aliphatic rings. The molecule has 232 valence electrons. The molecule has 3 atom stereocenters. The first-order valence-corrected chi connectivity index (χ1v) is 15.6. The van der Waals surface area contributed by atoms with E-state index in [0.717, 1.165) is 27.1 Å². The third kappa shape index (κ3) is 9.38. The molecule has 16 heteroatoms. The van der Waals surface area contributed by atoms with Gasteiger partial charge in [-0.3, -0.25) is 9.11 Å². The van der Waals surface area contributed by atoms with Crippen molar-refractivity contribution < 1.29 is 64.1 Å². The molecule has 0 bridgehead atoms. The van der Waals surface area contributed by atoms with Gasteiger partial charge in [0, 0.05) is 0 Å². The minimum absolute atomic E-state index is 0.0483. The van der Waals surface area contributed by atoms with E-state index in [0.29, 0.717) is 19.3 Å². The molecule has 40 heavy (non-hydrogen) atoms. The maximum atomic E-state index is 12.4. The number of hydrogen-bond acceptors (Lipinski definition) is 12. The Labute approximate surface area is 234 Å². The van der Waals surface area contributed by atoms with Crippen molar-refractivity contribution >= 4 is 44.1 Å². The molecule has 0 saturated heterocycles. The summed E-state index contributed by atoms with van der Waals surface area (Å²) in [6.45, 7) is 6.13. The number of esters is 4. The molecular weight excluding hydrogens is 576 g/mol. The Hall–Kier alpha value is -2.30. The lowest BCUT2D eigenvalue weighted by atomic mass is 9.72. The summed E-state index contributed by atoms with van der Waals surface area (Å²) in [4.78, 5) is 49.2. The third-order valence-corrected chi connectivity index (χ3v) is 9.19. The zero-order valence-electron chi connectivity index (χ0n) is 23.6. The first kappa shape index (κ1) is 35.7. The first-order chi connectivity index (χ1) is 18.2. The Morgan fingerprint density at radius 1 is 0.900 bits per heavy atom. The van der Waals surface area contributed by atoms with Crippen molar-refractivity contribution in [3.8, 4) is 0 Å². The molecule has 0 aliphatic heterocycles. The van der Waals surface area contributed by atoms with Gasteiger partial charge in [0.2, 0.25) is 0 Å². The van der Waals surface area contributed by atoms with Gasteiger partial charge in [-0.1, -0.05) is 33.1 Å². The van der Waals surface area contributed by atoms with Crippen LogP contribution in [-0.2, 0) is 58.4 Å². The quantitative estimate of drug-likeness (QED) is 0.123. The second-order valence-electron chi connectivity index (χ2n) is 11.1. The summed E-state index contributed by atoms with van der Waals surface area (Å²) >= 11 is 0. The molecule has 2 N–H and O–H groups in total. The van der Waals surface area contributed by atoms with Crippen molar-refractivity contribution in [1.29, 1.82) is 0 Å². The highest BCUT2D eigenvalue weighted by Gasteiger charge is 2.59. The van der Waals surface area contributed by atoms with Crippen LogP contribution in [-0.4, -0.2) is 86.7 Å². The van der Waals surface area contributed by atoms with Crippen LogP contribution in [0.1, 0.15) is 72.6 Å². The maximum absolute atomic E-state index is 12.4. The fourth-order valence-corrected chi connectivity index (χ4v) is 6.60. The molecule has 0 aromatic rings. The van der Waals surface area contributed by atoms with Crippen LogP contribution in [0.2, 0.25) is 0 Å². The van der Waals surface area contributed by atoms with E-state index >= 15 is 0 Å². The molecule has 0 aromatic carbocycles. The van der Waals surface area contributed by atoms with Gasteiger partial charge in [0.25, 0.3) is 30.2 Å². The second-order valence-corrected chi connectivity index (χ2v) is 14.2. The van der Waals surface area contributed by atoms with Crippen LogP contribution < -0.4 is 0 Å². The molecular formula is C24H40O14S2. The molecule has 1 fully saturated rings. The standard InChI is InChI=1S/C24H40O14S2/c1-15(2)38-20(26)18(39(29,30)31)19(25)37-14-23(3,4)13-17-9-7-8-16(12-17)10-11-24(21(27)35-5,22(28)36-6)40(32,33)34/h15-18H,7-14H2,1-6H3,(H,29,30,31)(H,32,33,34). The van der Waals surface area contributed by atoms with Crippen molar-refractivity contribution in [3.05, 3.63) is 0 Å². The lowest BCUT2D eigenvalue weighted by Crippen LogP contribution is -2.54. The highest BCUT2D eigenvalue weighted by molar-refractivity contribution is 7.89. The van der Waals surface area contributed by atoms with Crippen LogP contribution in [0.5, 0.6) is 0 Å². The Morgan fingerprint density at radius 2 is 1.43 bits per heavy atom. The van der Waals surface area contributed by atoms with Gasteiger partial charge in [-0.2, -0.15) is 16.8 Å². The minimum Gasteiger partial charge on any atom is -0.467 e. The van der Waals surface area contributed by atoms with Crippen LogP contribution in [0.15, 0.2) is 0 Å². The smallest absolute Gasteiger partial charge is 0.341 e. The summed E-state index contributed by atoms with van der Waals surface area (Å²) in [6, 6.07) is 0. The van der Waals surface area contributed by atoms with Crippen molar-refractivity contribution in [2.24, 2.45) is 17.3 Å². The van der Waals surface area contributed by atoms with E-state index in [4.69, 9.17) is 9.47 Å². The summed E-state index contributed by atoms with van der Waals surface area (Å²) in [5.74, 6) is -5.88. The molecule has 14 nitrogen and oxygen atoms in total. The molecule has 0 amide bonds. The van der Waals surface area contributed by atoms with E-state index in [2.05, 4.69) is 9.47 Å². The molecule has 3 unspecified atom stereocenters. The molecule has 1 saturated carbocycles. The maximum Gasteiger partial charge on any atom is 0.341 e. The third-order valence-electron chi connectivity index (χ3n) is 6.79. The monoisotopic (exact) mass is 616 g/mol. The second kappa shape index (κ2) is 14.0. The van der Waals surface area contributed by atoms with Crippen molar-refractivity contribution in [1.82, 2.24) is 0 Å². The van der Waals surface area contributed by atoms with Gasteiger partial charge in [-0.15, -0.1) is 0 Å². The van der Waals surface area contributed by atoms with E-state index in [1.807, 2.05) is 0 Å². The Bertz CT molecular complexity index is 1120. The van der Waals surface area contributed by atoms with Crippen LogP contribution in [0.25, 0.3) is 0 Å². The summed E-state index contributed by atoms with van der Waals surface area (Å²) in [5.41, 5.74) is -0.690. The summed E-state index contributed by atoms with van der Waals surface area (Å²) in [5, 5.41) is -2.53. The highest BCUT2D eigenvalue weighted by atomic mass is 32.2. The van der Waals surface area contributed by atoms with Gasteiger partial charge in [0.05, 0.1) is 26.9 Å². The molecule has 1 rings (SSSR count). The van der Waals surface area contributed by atoms with Gasteiger partial charge in [-0.25, -0.2) is 19.2 Å². The van der Waals surface area contributed by atoms with Crippen molar-refractivity contribution in [2.75, 3.05) is 20.8 Å². The number of carbonyl (C=O) groups excluding carboxylic acids is 4. The highest BCUT2D eigenvalue weighted by Crippen LogP contribution is 2.40. The summed E-state index contributed by atoms with van der Waals surface area (Å²) in [7, 11) is -8.58. The zero-order valence-corrected chi connectivity index (χ0v) is 25.2. The molecule has 0 aromatic heterocycles. The number of methoxy groups -OCH3 is 2. The molecule has 0 spiro atoms. The largest absolute Gasteiger partial charge is 0.467 e. The van der Waals surface area contributed by atoms with E-state index < -0.39 is 72.1 Å².